The van der Waals surface area contributed by atoms with Crippen molar-refractivity contribution in [1.82, 2.24) is 20.0 Å². The van der Waals surface area contributed by atoms with Crippen LogP contribution >= 0.6 is 23.1 Å². The molecule has 9 heteroatoms. The topological polar surface area (TPSA) is 78.4 Å². The summed E-state index contributed by atoms with van der Waals surface area (Å²) in [5, 5.41) is 11.4. The molecule has 3 rings (SSSR count). The summed E-state index contributed by atoms with van der Waals surface area (Å²) in [4.78, 5) is 28.9. The quantitative estimate of drug-likeness (QED) is 0.351. The number of amides is 2. The summed E-state index contributed by atoms with van der Waals surface area (Å²) >= 11 is 2.96. The molecule has 1 fully saturated rings. The van der Waals surface area contributed by atoms with Crippen molar-refractivity contribution >= 4 is 40.0 Å². The first-order valence-corrected chi connectivity index (χ1v) is 12.3. The lowest BCUT2D eigenvalue weighted by Gasteiger charge is -2.21. The van der Waals surface area contributed by atoms with E-state index in [0.29, 0.717) is 11.7 Å². The lowest BCUT2D eigenvalue weighted by Crippen LogP contribution is -2.35. The second-order valence-corrected chi connectivity index (χ2v) is 9.66. The molecule has 1 aliphatic heterocycles. The average molecular weight is 460 g/mol. The van der Waals surface area contributed by atoms with Gasteiger partial charge in [-0.05, 0) is 24.5 Å². The van der Waals surface area contributed by atoms with Crippen molar-refractivity contribution in [2.24, 2.45) is 0 Å². The van der Waals surface area contributed by atoms with Crippen molar-refractivity contribution in [3.8, 4) is 0 Å². The van der Waals surface area contributed by atoms with Gasteiger partial charge in [-0.2, -0.15) is 0 Å². The SMILES string of the molecule is C=CCN1CCCN(C(=O)CCC(=O)Nc2nnc(SCc3ccccc3C)s2)CC1. The largest absolute Gasteiger partial charge is 0.341 e. The standard InChI is InChI=1S/C22H29N5O2S2/c1-3-11-26-12-6-13-27(15-14-26)20(29)10-9-19(28)23-21-24-25-22(31-21)30-16-18-8-5-4-7-17(18)2/h3-5,7-8H,1,6,9-16H2,2H3,(H,23,24,28). The van der Waals surface area contributed by atoms with Crippen LogP contribution in [0.25, 0.3) is 0 Å². The Labute approximate surface area is 191 Å². The number of hydrogen-bond donors (Lipinski definition) is 1. The van der Waals surface area contributed by atoms with Crippen LogP contribution in [0, 0.1) is 6.92 Å². The summed E-state index contributed by atoms with van der Waals surface area (Å²) < 4.78 is 0.809. The third-order valence-electron chi connectivity index (χ3n) is 5.16. The van der Waals surface area contributed by atoms with Crippen molar-refractivity contribution < 1.29 is 9.59 Å². The minimum absolute atomic E-state index is 0.0299. The van der Waals surface area contributed by atoms with Crippen molar-refractivity contribution in [3.63, 3.8) is 0 Å². The fraction of sp³-hybridized carbons (Fsp3) is 0.455. The van der Waals surface area contributed by atoms with E-state index in [0.717, 1.165) is 42.7 Å². The zero-order chi connectivity index (χ0) is 22.1. The van der Waals surface area contributed by atoms with E-state index < -0.39 is 0 Å². The third-order valence-corrected chi connectivity index (χ3v) is 7.18. The molecule has 0 saturated carbocycles. The predicted molar refractivity (Wildman–Crippen MR) is 126 cm³/mol. The fourth-order valence-electron chi connectivity index (χ4n) is 3.38. The number of nitrogens with zero attached hydrogens (tertiary/aromatic N) is 4. The van der Waals surface area contributed by atoms with E-state index in [1.54, 1.807) is 11.8 Å². The first-order chi connectivity index (χ1) is 15.0. The number of nitrogens with one attached hydrogen (secondary N) is 1. The highest BCUT2D eigenvalue weighted by Crippen LogP contribution is 2.29. The molecule has 0 spiro atoms. The van der Waals surface area contributed by atoms with Gasteiger partial charge in [-0.15, -0.1) is 16.8 Å². The molecule has 31 heavy (non-hydrogen) atoms. The summed E-state index contributed by atoms with van der Waals surface area (Å²) in [6, 6.07) is 8.24. The second kappa shape index (κ2) is 12.0. The van der Waals surface area contributed by atoms with Gasteiger partial charge in [-0.25, -0.2) is 0 Å². The van der Waals surface area contributed by atoms with Crippen LogP contribution in [-0.2, 0) is 15.3 Å². The molecule has 1 saturated heterocycles. The van der Waals surface area contributed by atoms with Gasteiger partial charge in [0.2, 0.25) is 16.9 Å². The Morgan fingerprint density at radius 3 is 2.84 bits per heavy atom. The lowest BCUT2D eigenvalue weighted by molar-refractivity contribution is -0.132. The Kier molecular flexibility index (Phi) is 9.05. The van der Waals surface area contributed by atoms with Crippen LogP contribution in [-0.4, -0.2) is 64.5 Å². The van der Waals surface area contributed by atoms with Gasteiger partial charge in [-0.3, -0.25) is 14.5 Å². The van der Waals surface area contributed by atoms with E-state index >= 15 is 0 Å². The molecule has 0 atom stereocenters. The Morgan fingerprint density at radius 2 is 2.03 bits per heavy atom. The van der Waals surface area contributed by atoms with E-state index in [2.05, 4.69) is 46.0 Å². The molecule has 0 aliphatic carbocycles. The van der Waals surface area contributed by atoms with Crippen molar-refractivity contribution in [2.75, 3.05) is 38.0 Å². The first kappa shape index (κ1) is 23.4. The number of hydrogen-bond acceptors (Lipinski definition) is 7. The molecule has 2 aromatic rings. The van der Waals surface area contributed by atoms with Gasteiger partial charge in [0.1, 0.15) is 0 Å². The van der Waals surface area contributed by atoms with Crippen LogP contribution in [0.15, 0.2) is 41.3 Å². The maximum Gasteiger partial charge on any atom is 0.226 e. The molecule has 1 N–H and O–H groups in total. The molecule has 0 bridgehead atoms. The summed E-state index contributed by atoms with van der Waals surface area (Å²) in [5.41, 5.74) is 2.50. The minimum Gasteiger partial charge on any atom is -0.341 e. The van der Waals surface area contributed by atoms with Gasteiger partial charge in [0, 0.05) is 51.3 Å². The molecule has 1 aromatic heterocycles. The highest BCUT2D eigenvalue weighted by molar-refractivity contribution is 8.00. The summed E-state index contributed by atoms with van der Waals surface area (Å²) in [6.07, 6.45) is 3.19. The van der Waals surface area contributed by atoms with Crippen LogP contribution in [0.1, 0.15) is 30.4 Å². The van der Waals surface area contributed by atoms with Gasteiger partial charge in [0.25, 0.3) is 0 Å². The predicted octanol–water partition coefficient (Wildman–Crippen LogP) is 3.58. The Bertz CT molecular complexity index is 902. The number of thioether (sulfide) groups is 1. The van der Waals surface area contributed by atoms with Crippen LogP contribution in [0.3, 0.4) is 0 Å². The van der Waals surface area contributed by atoms with Crippen LogP contribution in [0.2, 0.25) is 0 Å². The molecule has 0 unspecified atom stereocenters. The van der Waals surface area contributed by atoms with Gasteiger partial charge in [0.05, 0.1) is 0 Å². The summed E-state index contributed by atoms with van der Waals surface area (Å²) in [7, 11) is 0. The summed E-state index contributed by atoms with van der Waals surface area (Å²) in [6.45, 7) is 9.97. The second-order valence-electron chi connectivity index (χ2n) is 7.46. The molecule has 7 nitrogen and oxygen atoms in total. The Hall–Kier alpha value is -2.23. The first-order valence-electron chi connectivity index (χ1n) is 10.5. The van der Waals surface area contributed by atoms with Crippen molar-refractivity contribution in [3.05, 3.63) is 48.0 Å². The van der Waals surface area contributed by atoms with Gasteiger partial charge >= 0.3 is 0 Å². The van der Waals surface area contributed by atoms with E-state index in [1.807, 2.05) is 23.1 Å². The number of anilines is 1. The molecule has 2 heterocycles. The van der Waals surface area contributed by atoms with Crippen molar-refractivity contribution in [2.45, 2.75) is 36.3 Å². The molecular formula is C22H29N5O2S2. The van der Waals surface area contributed by atoms with E-state index in [9.17, 15) is 9.59 Å². The zero-order valence-corrected chi connectivity index (χ0v) is 19.5. The average Bonchev–Trinajstić information content (AvgIpc) is 3.07. The van der Waals surface area contributed by atoms with Crippen LogP contribution in [0.4, 0.5) is 5.13 Å². The van der Waals surface area contributed by atoms with Gasteiger partial charge in [0.15, 0.2) is 4.34 Å². The maximum absolute atomic E-state index is 12.5. The normalized spacial score (nSPS) is 14.8. The molecule has 0 radical (unpaired) electrons. The fourth-order valence-corrected chi connectivity index (χ4v) is 5.22. The smallest absolute Gasteiger partial charge is 0.226 e. The summed E-state index contributed by atoms with van der Waals surface area (Å²) in [5.74, 6) is 0.634. The molecule has 1 aliphatic rings. The van der Waals surface area contributed by atoms with Crippen LogP contribution in [0.5, 0.6) is 0 Å². The number of carbonyl (C=O) groups excluding carboxylic acids is 2. The van der Waals surface area contributed by atoms with E-state index in [-0.39, 0.29) is 24.7 Å². The molecule has 2 amide bonds. The van der Waals surface area contributed by atoms with Gasteiger partial charge in [-0.1, -0.05) is 53.4 Å². The molecule has 166 valence electrons. The number of benzene rings is 1. The third kappa shape index (κ3) is 7.45. The van der Waals surface area contributed by atoms with Crippen molar-refractivity contribution in [1.29, 1.82) is 0 Å². The molecular weight excluding hydrogens is 430 g/mol. The van der Waals surface area contributed by atoms with Crippen LogP contribution < -0.4 is 5.32 Å². The lowest BCUT2D eigenvalue weighted by atomic mass is 10.1. The Morgan fingerprint density at radius 1 is 1.19 bits per heavy atom. The zero-order valence-electron chi connectivity index (χ0n) is 17.9. The highest BCUT2D eigenvalue weighted by atomic mass is 32.2. The number of aryl methyl sites for hydroxylation is 1. The monoisotopic (exact) mass is 459 g/mol. The molecule has 1 aromatic carbocycles. The highest BCUT2D eigenvalue weighted by Gasteiger charge is 2.19. The minimum atomic E-state index is -0.206. The number of aromatic nitrogens is 2. The van der Waals surface area contributed by atoms with E-state index in [4.69, 9.17) is 0 Å². The number of carbonyl (C=O) groups is 2. The number of rotatable bonds is 9. The van der Waals surface area contributed by atoms with Gasteiger partial charge < -0.3 is 10.2 Å². The Balaban J connectivity index is 1.40. The maximum atomic E-state index is 12.5. The van der Waals surface area contributed by atoms with E-state index in [1.165, 1.54) is 22.5 Å².